The minimum atomic E-state index is -0.724. The summed E-state index contributed by atoms with van der Waals surface area (Å²) >= 11 is 0. The van der Waals surface area contributed by atoms with Crippen LogP contribution in [-0.2, 0) is 4.79 Å². The number of nitrogens with one attached hydrogen (secondary N) is 3. The first-order valence-corrected chi connectivity index (χ1v) is 7.45. The maximum Gasteiger partial charge on any atom is 0.319 e. The van der Waals surface area contributed by atoms with Gasteiger partial charge in [0.05, 0.1) is 11.6 Å². The van der Waals surface area contributed by atoms with Gasteiger partial charge < -0.3 is 16.0 Å². The second-order valence-corrected chi connectivity index (χ2v) is 5.45. The predicted molar refractivity (Wildman–Crippen MR) is 88.6 cm³/mol. The Hall–Kier alpha value is -3.15. The first-order chi connectivity index (χ1) is 11.5. The van der Waals surface area contributed by atoms with Crippen molar-refractivity contribution in [3.8, 4) is 0 Å². The van der Waals surface area contributed by atoms with Crippen LogP contribution in [0.1, 0.15) is 18.5 Å². The number of benzene rings is 2. The van der Waals surface area contributed by atoms with Gasteiger partial charge in [0.1, 0.15) is 5.82 Å². The molecule has 0 bridgehead atoms. The molecule has 1 atom stereocenters. The number of allylic oxidation sites excluding steroid dienone is 1. The van der Waals surface area contributed by atoms with E-state index in [9.17, 15) is 14.0 Å². The molecule has 3 rings (SSSR count). The number of urea groups is 1. The molecule has 1 unspecified atom stereocenters. The summed E-state index contributed by atoms with van der Waals surface area (Å²) < 4.78 is 13.5. The lowest BCUT2D eigenvalue weighted by Crippen LogP contribution is -2.46. The molecule has 0 saturated heterocycles. The van der Waals surface area contributed by atoms with Crippen LogP contribution in [0.2, 0.25) is 0 Å². The molecular formula is C18H16FN3O2. The maximum atomic E-state index is 13.5. The largest absolute Gasteiger partial charge is 0.327 e. The summed E-state index contributed by atoms with van der Waals surface area (Å²) in [6.07, 6.45) is 0. The Morgan fingerprint density at radius 2 is 1.88 bits per heavy atom. The van der Waals surface area contributed by atoms with Gasteiger partial charge in [0, 0.05) is 11.4 Å². The Morgan fingerprint density at radius 3 is 2.58 bits per heavy atom. The van der Waals surface area contributed by atoms with Gasteiger partial charge in [-0.05, 0) is 36.8 Å². The Labute approximate surface area is 138 Å². The SMILES string of the molecule is CC1=C(C(=O)Nc2ccccc2)C(c2cccc(F)c2)NC(=O)N1. The molecule has 0 aromatic heterocycles. The van der Waals surface area contributed by atoms with Crippen molar-refractivity contribution in [1.82, 2.24) is 10.6 Å². The second-order valence-electron chi connectivity index (χ2n) is 5.45. The Morgan fingerprint density at radius 1 is 1.12 bits per heavy atom. The molecular weight excluding hydrogens is 309 g/mol. The van der Waals surface area contributed by atoms with E-state index >= 15 is 0 Å². The van der Waals surface area contributed by atoms with Gasteiger partial charge in [-0.2, -0.15) is 0 Å². The van der Waals surface area contributed by atoms with E-state index in [1.54, 1.807) is 31.2 Å². The fourth-order valence-corrected chi connectivity index (χ4v) is 2.65. The molecule has 3 amide bonds. The zero-order valence-corrected chi connectivity index (χ0v) is 13.0. The molecule has 1 aliphatic rings. The number of carbonyl (C=O) groups is 2. The van der Waals surface area contributed by atoms with Gasteiger partial charge in [-0.15, -0.1) is 0 Å². The van der Waals surface area contributed by atoms with E-state index in [0.29, 0.717) is 22.5 Å². The number of carbonyl (C=O) groups excluding carboxylic acids is 2. The van der Waals surface area contributed by atoms with Crippen molar-refractivity contribution in [3.63, 3.8) is 0 Å². The molecule has 1 heterocycles. The van der Waals surface area contributed by atoms with E-state index in [-0.39, 0.29) is 5.91 Å². The first kappa shape index (κ1) is 15.7. The van der Waals surface area contributed by atoms with Crippen molar-refractivity contribution in [2.45, 2.75) is 13.0 Å². The third kappa shape index (κ3) is 3.27. The summed E-state index contributed by atoms with van der Waals surface area (Å²) in [5.41, 5.74) is 1.91. The molecule has 0 radical (unpaired) electrons. The number of para-hydroxylation sites is 1. The number of rotatable bonds is 3. The van der Waals surface area contributed by atoms with Crippen LogP contribution in [0.5, 0.6) is 0 Å². The number of halogens is 1. The molecule has 2 aromatic carbocycles. The monoisotopic (exact) mass is 325 g/mol. The Balaban J connectivity index is 1.96. The van der Waals surface area contributed by atoms with Crippen LogP contribution in [-0.4, -0.2) is 11.9 Å². The van der Waals surface area contributed by atoms with Crippen LogP contribution in [0.3, 0.4) is 0 Å². The summed E-state index contributed by atoms with van der Waals surface area (Å²) in [5.74, 6) is -0.791. The normalized spacial score (nSPS) is 17.1. The molecule has 2 aromatic rings. The molecule has 0 fully saturated rings. The number of amides is 3. The average molecular weight is 325 g/mol. The number of anilines is 1. The standard InChI is InChI=1S/C18H16FN3O2/c1-11-15(17(23)21-14-8-3-2-4-9-14)16(22-18(24)20-11)12-6-5-7-13(19)10-12/h2-10,16H,1H3,(H,21,23)(H2,20,22,24). The Kier molecular flexibility index (Phi) is 4.29. The third-order valence-corrected chi connectivity index (χ3v) is 3.73. The summed E-state index contributed by atoms with van der Waals surface area (Å²) in [4.78, 5) is 24.5. The maximum absolute atomic E-state index is 13.5. The van der Waals surface area contributed by atoms with Crippen molar-refractivity contribution in [2.75, 3.05) is 5.32 Å². The zero-order valence-electron chi connectivity index (χ0n) is 13.0. The molecule has 0 spiro atoms. The minimum Gasteiger partial charge on any atom is -0.327 e. The Bertz CT molecular complexity index is 818. The van der Waals surface area contributed by atoms with Gasteiger partial charge in [0.25, 0.3) is 5.91 Å². The van der Waals surface area contributed by atoms with Crippen LogP contribution in [0.15, 0.2) is 65.9 Å². The smallest absolute Gasteiger partial charge is 0.319 e. The van der Waals surface area contributed by atoms with E-state index < -0.39 is 17.9 Å². The molecule has 0 saturated carbocycles. The van der Waals surface area contributed by atoms with Crippen molar-refractivity contribution in [2.24, 2.45) is 0 Å². The fraction of sp³-hybridized carbons (Fsp3) is 0.111. The van der Waals surface area contributed by atoms with Gasteiger partial charge in [-0.1, -0.05) is 30.3 Å². The van der Waals surface area contributed by atoms with Crippen LogP contribution < -0.4 is 16.0 Å². The van der Waals surface area contributed by atoms with Crippen LogP contribution in [0.4, 0.5) is 14.9 Å². The van der Waals surface area contributed by atoms with Crippen molar-refractivity contribution in [1.29, 1.82) is 0 Å². The summed E-state index contributed by atoms with van der Waals surface area (Å²) in [5, 5.41) is 8.05. The lowest BCUT2D eigenvalue weighted by molar-refractivity contribution is -0.113. The highest BCUT2D eigenvalue weighted by atomic mass is 19.1. The van der Waals surface area contributed by atoms with Gasteiger partial charge in [0.15, 0.2) is 0 Å². The van der Waals surface area contributed by atoms with E-state index in [1.165, 1.54) is 12.1 Å². The van der Waals surface area contributed by atoms with Crippen molar-refractivity contribution >= 4 is 17.6 Å². The number of hydrogen-bond acceptors (Lipinski definition) is 2. The molecule has 122 valence electrons. The van der Waals surface area contributed by atoms with E-state index in [0.717, 1.165) is 0 Å². The first-order valence-electron chi connectivity index (χ1n) is 7.45. The topological polar surface area (TPSA) is 70.2 Å². The van der Waals surface area contributed by atoms with Gasteiger partial charge in [0.2, 0.25) is 0 Å². The fourth-order valence-electron chi connectivity index (χ4n) is 2.65. The van der Waals surface area contributed by atoms with Crippen LogP contribution >= 0.6 is 0 Å². The van der Waals surface area contributed by atoms with Gasteiger partial charge in [-0.3, -0.25) is 4.79 Å². The quantitative estimate of drug-likeness (QED) is 0.811. The molecule has 3 N–H and O–H groups in total. The molecule has 5 nitrogen and oxygen atoms in total. The third-order valence-electron chi connectivity index (χ3n) is 3.73. The molecule has 24 heavy (non-hydrogen) atoms. The van der Waals surface area contributed by atoms with Gasteiger partial charge >= 0.3 is 6.03 Å². The molecule has 1 aliphatic heterocycles. The predicted octanol–water partition coefficient (Wildman–Crippen LogP) is 3.09. The minimum absolute atomic E-state index is 0.337. The van der Waals surface area contributed by atoms with Crippen molar-refractivity contribution in [3.05, 3.63) is 77.2 Å². The lowest BCUT2D eigenvalue weighted by atomic mass is 9.94. The average Bonchev–Trinajstić information content (AvgIpc) is 2.55. The van der Waals surface area contributed by atoms with E-state index in [4.69, 9.17) is 0 Å². The number of hydrogen-bond donors (Lipinski definition) is 3. The molecule has 0 aliphatic carbocycles. The molecule has 6 heteroatoms. The van der Waals surface area contributed by atoms with E-state index in [2.05, 4.69) is 16.0 Å². The summed E-state index contributed by atoms with van der Waals surface area (Å²) in [7, 11) is 0. The zero-order chi connectivity index (χ0) is 17.1. The highest BCUT2D eigenvalue weighted by Crippen LogP contribution is 2.28. The highest BCUT2D eigenvalue weighted by Gasteiger charge is 2.31. The van der Waals surface area contributed by atoms with Crippen molar-refractivity contribution < 1.29 is 14.0 Å². The summed E-state index contributed by atoms with van der Waals surface area (Å²) in [6.45, 7) is 1.64. The summed E-state index contributed by atoms with van der Waals surface area (Å²) in [6, 6.07) is 13.7. The van der Waals surface area contributed by atoms with Gasteiger partial charge in [-0.25, -0.2) is 9.18 Å². The second kappa shape index (κ2) is 6.54. The highest BCUT2D eigenvalue weighted by molar-refractivity contribution is 6.06. The lowest BCUT2D eigenvalue weighted by Gasteiger charge is -2.28. The van der Waals surface area contributed by atoms with E-state index in [1.807, 2.05) is 18.2 Å². The van der Waals surface area contributed by atoms with Crippen LogP contribution in [0.25, 0.3) is 0 Å². The van der Waals surface area contributed by atoms with Crippen LogP contribution in [0, 0.1) is 5.82 Å².